The predicted octanol–water partition coefficient (Wildman–Crippen LogP) is 1.32. The van der Waals surface area contributed by atoms with E-state index in [1.165, 1.54) is 11.1 Å². The van der Waals surface area contributed by atoms with Crippen LogP contribution in [0.4, 0.5) is 5.69 Å². The van der Waals surface area contributed by atoms with Gasteiger partial charge in [-0.2, -0.15) is 0 Å². The number of amides is 1. The van der Waals surface area contributed by atoms with E-state index in [4.69, 9.17) is 0 Å². The lowest BCUT2D eigenvalue weighted by Crippen LogP contribution is -2.25. The van der Waals surface area contributed by atoms with Gasteiger partial charge in [0, 0.05) is 31.7 Å². The summed E-state index contributed by atoms with van der Waals surface area (Å²) in [5, 5.41) is 6.29. The van der Waals surface area contributed by atoms with Crippen molar-refractivity contribution < 1.29 is 4.79 Å². The van der Waals surface area contributed by atoms with E-state index in [1.54, 1.807) is 17.0 Å². The molecule has 2 N–H and O–H groups in total. The maximum Gasteiger partial charge on any atom is 0.291 e. The number of carbonyl (C=O) groups is 1. The number of aryl methyl sites for hydroxylation is 1. The molecule has 1 aliphatic rings. The zero-order valence-corrected chi connectivity index (χ0v) is 10.8. The van der Waals surface area contributed by atoms with Crippen LogP contribution in [0.1, 0.15) is 21.7 Å². The molecule has 98 valence electrons. The topological polar surface area (TPSA) is 59.0 Å². The van der Waals surface area contributed by atoms with Crippen LogP contribution in [-0.4, -0.2) is 22.0 Å². The summed E-state index contributed by atoms with van der Waals surface area (Å²) < 4.78 is 1.71. The third-order valence-corrected chi connectivity index (χ3v) is 3.41. The summed E-state index contributed by atoms with van der Waals surface area (Å²) in [4.78, 5) is 16.2. The Morgan fingerprint density at radius 2 is 2.37 bits per heavy atom. The van der Waals surface area contributed by atoms with Gasteiger partial charge in [0.05, 0.1) is 0 Å². The lowest BCUT2D eigenvalue weighted by atomic mass is 9.99. The molecule has 5 nitrogen and oxygen atoms in total. The minimum absolute atomic E-state index is 0.167. The molecule has 19 heavy (non-hydrogen) atoms. The Bertz CT molecular complexity index is 618. The molecular formula is C14H16N4O. The largest absolute Gasteiger partial charge is 0.330 e. The van der Waals surface area contributed by atoms with Crippen LogP contribution in [0.2, 0.25) is 0 Å². The van der Waals surface area contributed by atoms with Crippen molar-refractivity contribution in [2.45, 2.75) is 13.0 Å². The normalized spacial score (nSPS) is 13.9. The van der Waals surface area contributed by atoms with Crippen molar-refractivity contribution in [2.75, 3.05) is 11.9 Å². The summed E-state index contributed by atoms with van der Waals surface area (Å²) in [5.41, 5.74) is 3.37. The third-order valence-electron chi connectivity index (χ3n) is 3.41. The first kappa shape index (κ1) is 11.9. The Morgan fingerprint density at radius 1 is 1.47 bits per heavy atom. The molecule has 0 unspecified atom stereocenters. The number of imidazole rings is 1. The molecule has 0 saturated carbocycles. The van der Waals surface area contributed by atoms with Crippen LogP contribution in [0, 0.1) is 0 Å². The molecule has 1 aliphatic heterocycles. The van der Waals surface area contributed by atoms with Gasteiger partial charge in [-0.3, -0.25) is 4.79 Å². The highest BCUT2D eigenvalue weighted by molar-refractivity contribution is 6.02. The molecule has 1 aromatic heterocycles. The maximum absolute atomic E-state index is 12.2. The van der Waals surface area contributed by atoms with Gasteiger partial charge in [-0.05, 0) is 30.2 Å². The van der Waals surface area contributed by atoms with Crippen molar-refractivity contribution in [2.24, 2.45) is 7.05 Å². The van der Waals surface area contributed by atoms with Gasteiger partial charge in [-0.15, -0.1) is 0 Å². The highest BCUT2D eigenvalue weighted by Gasteiger charge is 2.16. The van der Waals surface area contributed by atoms with E-state index in [1.807, 2.05) is 19.2 Å². The number of nitrogens with zero attached hydrogens (tertiary/aromatic N) is 2. The molecule has 5 heteroatoms. The minimum Gasteiger partial charge on any atom is -0.330 e. The Morgan fingerprint density at radius 3 is 3.16 bits per heavy atom. The molecule has 3 rings (SSSR count). The van der Waals surface area contributed by atoms with E-state index >= 15 is 0 Å². The molecule has 1 amide bonds. The van der Waals surface area contributed by atoms with Gasteiger partial charge in [0.2, 0.25) is 0 Å². The second-order valence-electron chi connectivity index (χ2n) is 4.69. The van der Waals surface area contributed by atoms with Crippen molar-refractivity contribution >= 4 is 11.6 Å². The molecule has 0 radical (unpaired) electrons. The second-order valence-corrected chi connectivity index (χ2v) is 4.69. The number of carbonyl (C=O) groups excluding carboxylic acids is 1. The van der Waals surface area contributed by atoms with Crippen molar-refractivity contribution in [3.05, 3.63) is 47.5 Å². The molecule has 0 bridgehead atoms. The first-order valence-electron chi connectivity index (χ1n) is 6.36. The van der Waals surface area contributed by atoms with Crippen LogP contribution >= 0.6 is 0 Å². The number of fused-ring (bicyclic) bond motifs is 1. The lowest BCUT2D eigenvalue weighted by molar-refractivity contribution is 0.101. The second kappa shape index (κ2) is 4.85. The Kier molecular flexibility index (Phi) is 3.05. The van der Waals surface area contributed by atoms with Gasteiger partial charge in [0.25, 0.3) is 5.91 Å². The average Bonchev–Trinajstić information content (AvgIpc) is 2.85. The van der Waals surface area contributed by atoms with Gasteiger partial charge in [-0.25, -0.2) is 4.98 Å². The number of hydrogen-bond donors (Lipinski definition) is 2. The number of nitrogens with one attached hydrogen (secondary N) is 2. The number of aromatic nitrogens is 2. The molecule has 0 fully saturated rings. The van der Waals surface area contributed by atoms with Crippen molar-refractivity contribution in [3.63, 3.8) is 0 Å². The van der Waals surface area contributed by atoms with Crippen molar-refractivity contribution in [3.8, 4) is 0 Å². The van der Waals surface area contributed by atoms with Crippen LogP contribution in [0.3, 0.4) is 0 Å². The van der Waals surface area contributed by atoms with E-state index in [0.29, 0.717) is 5.82 Å². The highest BCUT2D eigenvalue weighted by atomic mass is 16.2. The van der Waals surface area contributed by atoms with E-state index in [2.05, 4.69) is 21.7 Å². The summed E-state index contributed by atoms with van der Waals surface area (Å²) >= 11 is 0. The SMILES string of the molecule is Cn1ccnc1C(=O)Nc1cccc2c1CCNC2. The Balaban J connectivity index is 1.88. The number of hydrogen-bond acceptors (Lipinski definition) is 3. The summed E-state index contributed by atoms with van der Waals surface area (Å²) in [7, 11) is 1.81. The lowest BCUT2D eigenvalue weighted by Gasteiger charge is -2.20. The maximum atomic E-state index is 12.2. The first-order chi connectivity index (χ1) is 9.25. The predicted molar refractivity (Wildman–Crippen MR) is 73.0 cm³/mol. The fourth-order valence-electron chi connectivity index (χ4n) is 2.41. The zero-order chi connectivity index (χ0) is 13.2. The molecule has 1 aromatic carbocycles. The van der Waals surface area contributed by atoms with Gasteiger partial charge in [0.15, 0.2) is 5.82 Å². The van der Waals surface area contributed by atoms with E-state index in [9.17, 15) is 4.79 Å². The molecule has 0 saturated heterocycles. The summed E-state index contributed by atoms with van der Waals surface area (Å²) in [6.45, 7) is 1.81. The van der Waals surface area contributed by atoms with E-state index in [0.717, 1.165) is 25.2 Å². The quantitative estimate of drug-likeness (QED) is 0.852. The number of rotatable bonds is 2. The molecular weight excluding hydrogens is 240 g/mol. The summed E-state index contributed by atoms with van der Waals surface area (Å²) in [6.07, 6.45) is 4.32. The van der Waals surface area contributed by atoms with Crippen molar-refractivity contribution in [1.29, 1.82) is 0 Å². The van der Waals surface area contributed by atoms with Gasteiger partial charge >= 0.3 is 0 Å². The van der Waals surface area contributed by atoms with Crippen LogP contribution in [0.25, 0.3) is 0 Å². The average molecular weight is 256 g/mol. The molecule has 0 spiro atoms. The van der Waals surface area contributed by atoms with E-state index < -0.39 is 0 Å². The Labute approximate surface area is 111 Å². The van der Waals surface area contributed by atoms with Crippen molar-refractivity contribution in [1.82, 2.24) is 14.9 Å². The van der Waals surface area contributed by atoms with Gasteiger partial charge in [0.1, 0.15) is 0 Å². The molecule has 0 atom stereocenters. The fraction of sp³-hybridized carbons (Fsp3) is 0.286. The van der Waals surface area contributed by atoms with Gasteiger partial charge in [-0.1, -0.05) is 12.1 Å². The van der Waals surface area contributed by atoms with Crippen LogP contribution in [-0.2, 0) is 20.0 Å². The van der Waals surface area contributed by atoms with Crippen LogP contribution in [0.5, 0.6) is 0 Å². The van der Waals surface area contributed by atoms with E-state index in [-0.39, 0.29) is 5.91 Å². The third kappa shape index (κ3) is 2.24. The van der Waals surface area contributed by atoms with Crippen LogP contribution in [0.15, 0.2) is 30.6 Å². The molecule has 2 heterocycles. The smallest absolute Gasteiger partial charge is 0.291 e. The van der Waals surface area contributed by atoms with Gasteiger partial charge < -0.3 is 15.2 Å². The zero-order valence-electron chi connectivity index (χ0n) is 10.8. The fourth-order valence-corrected chi connectivity index (χ4v) is 2.41. The molecule has 2 aromatic rings. The number of benzene rings is 1. The van der Waals surface area contributed by atoms with Crippen LogP contribution < -0.4 is 10.6 Å². The minimum atomic E-state index is -0.167. The summed E-state index contributed by atoms with van der Waals surface area (Å²) in [5.74, 6) is 0.256. The standard InChI is InChI=1S/C14H16N4O/c1-18-8-7-16-13(18)14(19)17-12-4-2-3-10-9-15-6-5-11(10)12/h2-4,7-8,15H,5-6,9H2,1H3,(H,17,19). The highest BCUT2D eigenvalue weighted by Crippen LogP contribution is 2.23. The molecule has 0 aliphatic carbocycles. The number of anilines is 1. The first-order valence-corrected chi connectivity index (χ1v) is 6.36. The summed E-state index contributed by atoms with van der Waals surface area (Å²) in [6, 6.07) is 6.02. The monoisotopic (exact) mass is 256 g/mol. The Hall–Kier alpha value is -2.14.